The average Bonchev–Trinajstić information content (AvgIpc) is 2.90. The second-order valence-electron chi connectivity index (χ2n) is 9.78. The van der Waals surface area contributed by atoms with Gasteiger partial charge in [0.05, 0.1) is 0 Å². The number of rotatable bonds is 10. The quantitative estimate of drug-likeness (QED) is 0.248. The van der Waals surface area contributed by atoms with Gasteiger partial charge in [-0.15, -0.1) is 0 Å². The van der Waals surface area contributed by atoms with E-state index in [0.29, 0.717) is 22.9 Å². The topological polar surface area (TPSA) is 76.7 Å². The van der Waals surface area contributed by atoms with E-state index in [1.165, 1.54) is 0 Å². The number of hydrogen-bond donors (Lipinski definition) is 2. The maximum Gasteiger partial charge on any atom is 0.262 e. The summed E-state index contributed by atoms with van der Waals surface area (Å²) in [7, 11) is 0. The molecular weight excluding hydrogens is 488 g/mol. The van der Waals surface area contributed by atoms with Crippen molar-refractivity contribution in [2.45, 2.75) is 34.1 Å². The number of hydrogen-bond acceptors (Lipinski definition) is 4. The van der Waals surface area contributed by atoms with Crippen molar-refractivity contribution in [3.05, 3.63) is 118 Å². The van der Waals surface area contributed by atoms with Crippen molar-refractivity contribution in [3.63, 3.8) is 0 Å². The highest BCUT2D eigenvalue weighted by Gasteiger charge is 2.08. The number of carbonyl (C=O) groups excluding carboxylic acids is 2. The maximum absolute atomic E-state index is 12.3. The molecule has 0 spiro atoms. The fourth-order valence-corrected chi connectivity index (χ4v) is 4.25. The molecule has 0 aliphatic heterocycles. The Morgan fingerprint density at radius 1 is 0.564 bits per heavy atom. The van der Waals surface area contributed by atoms with E-state index >= 15 is 0 Å². The third-order valence-corrected chi connectivity index (χ3v) is 6.26. The van der Waals surface area contributed by atoms with Crippen molar-refractivity contribution < 1.29 is 19.1 Å². The van der Waals surface area contributed by atoms with Crippen molar-refractivity contribution in [1.82, 2.24) is 0 Å². The van der Waals surface area contributed by atoms with Crippen LogP contribution < -0.4 is 20.1 Å². The molecule has 0 unspecified atom stereocenters. The Labute approximate surface area is 230 Å². The molecule has 6 heteroatoms. The lowest BCUT2D eigenvalue weighted by molar-refractivity contribution is -0.118. The zero-order chi connectivity index (χ0) is 27.8. The summed E-state index contributed by atoms with van der Waals surface area (Å²) in [5.41, 5.74) is 7.97. The van der Waals surface area contributed by atoms with Crippen molar-refractivity contribution in [2.75, 3.05) is 23.8 Å². The van der Waals surface area contributed by atoms with Crippen LogP contribution in [0.5, 0.6) is 11.5 Å². The van der Waals surface area contributed by atoms with Crippen LogP contribution in [-0.2, 0) is 16.0 Å². The van der Waals surface area contributed by atoms with Gasteiger partial charge in [0, 0.05) is 11.4 Å². The van der Waals surface area contributed by atoms with Crippen molar-refractivity contribution >= 4 is 23.2 Å². The molecule has 2 amide bonds. The highest BCUT2D eigenvalue weighted by Crippen LogP contribution is 2.20. The summed E-state index contributed by atoms with van der Waals surface area (Å²) in [4.78, 5) is 24.6. The number of aryl methyl sites for hydroxylation is 4. The molecular formula is C33H34N2O4. The third-order valence-electron chi connectivity index (χ3n) is 6.26. The SMILES string of the molecule is Cc1ccc(OCC(=O)Nc2ccc(Cc3ccc(NC(=O)COc4ccc(C)cc4C)cc3)cc2)c(C)c1. The van der Waals surface area contributed by atoms with Crippen LogP contribution in [0.2, 0.25) is 0 Å². The van der Waals surface area contributed by atoms with Gasteiger partial charge in [-0.25, -0.2) is 0 Å². The number of carbonyl (C=O) groups is 2. The van der Waals surface area contributed by atoms with Gasteiger partial charge < -0.3 is 20.1 Å². The summed E-state index contributed by atoms with van der Waals surface area (Å²) >= 11 is 0. The van der Waals surface area contributed by atoms with Gasteiger partial charge in [-0.2, -0.15) is 0 Å². The zero-order valence-electron chi connectivity index (χ0n) is 22.8. The Bertz CT molecular complexity index is 1330. The molecule has 4 aromatic carbocycles. The predicted molar refractivity (Wildman–Crippen MR) is 156 cm³/mol. The third kappa shape index (κ3) is 8.20. The van der Waals surface area contributed by atoms with E-state index in [9.17, 15) is 9.59 Å². The molecule has 0 radical (unpaired) electrons. The largest absolute Gasteiger partial charge is 0.483 e. The van der Waals surface area contributed by atoms with Crippen LogP contribution in [0.15, 0.2) is 84.9 Å². The zero-order valence-corrected chi connectivity index (χ0v) is 22.8. The molecule has 0 aliphatic carbocycles. The molecule has 6 nitrogen and oxygen atoms in total. The monoisotopic (exact) mass is 522 g/mol. The summed E-state index contributed by atoms with van der Waals surface area (Å²) in [6, 6.07) is 27.2. The van der Waals surface area contributed by atoms with Crippen LogP contribution in [0.3, 0.4) is 0 Å². The van der Waals surface area contributed by atoms with Gasteiger partial charge >= 0.3 is 0 Å². The summed E-state index contributed by atoms with van der Waals surface area (Å²) in [6.07, 6.45) is 0.730. The van der Waals surface area contributed by atoms with Crippen LogP contribution in [0.4, 0.5) is 11.4 Å². The summed E-state index contributed by atoms with van der Waals surface area (Å²) in [5.74, 6) is 1.00. The van der Waals surface area contributed by atoms with Gasteiger partial charge in [0.2, 0.25) is 0 Å². The summed E-state index contributed by atoms with van der Waals surface area (Å²) in [5, 5.41) is 5.74. The molecule has 4 rings (SSSR count). The lowest BCUT2D eigenvalue weighted by atomic mass is 10.0. The van der Waals surface area contributed by atoms with Crippen LogP contribution in [0.25, 0.3) is 0 Å². The molecule has 0 bridgehead atoms. The fourth-order valence-electron chi connectivity index (χ4n) is 4.25. The van der Waals surface area contributed by atoms with E-state index in [0.717, 1.165) is 39.8 Å². The van der Waals surface area contributed by atoms with Crippen molar-refractivity contribution in [2.24, 2.45) is 0 Å². The molecule has 2 N–H and O–H groups in total. The maximum atomic E-state index is 12.3. The molecule has 0 heterocycles. The van der Waals surface area contributed by atoms with E-state index in [4.69, 9.17) is 9.47 Å². The Balaban J connectivity index is 1.22. The molecule has 39 heavy (non-hydrogen) atoms. The first-order valence-corrected chi connectivity index (χ1v) is 12.9. The van der Waals surface area contributed by atoms with Gasteiger partial charge in [-0.05, 0) is 92.8 Å². The number of anilines is 2. The molecule has 0 saturated heterocycles. The van der Waals surface area contributed by atoms with Gasteiger partial charge in [0.15, 0.2) is 13.2 Å². The molecule has 0 atom stereocenters. The van der Waals surface area contributed by atoms with Crippen LogP contribution in [0.1, 0.15) is 33.4 Å². The normalized spacial score (nSPS) is 10.6. The van der Waals surface area contributed by atoms with E-state index in [1.54, 1.807) is 0 Å². The van der Waals surface area contributed by atoms with E-state index in [2.05, 4.69) is 10.6 Å². The first-order valence-electron chi connectivity index (χ1n) is 12.9. The minimum absolute atomic E-state index is 0.0493. The van der Waals surface area contributed by atoms with Gasteiger partial charge in [0.1, 0.15) is 11.5 Å². The van der Waals surface area contributed by atoms with Crippen molar-refractivity contribution in [1.29, 1.82) is 0 Å². The summed E-state index contributed by atoms with van der Waals surface area (Å²) in [6.45, 7) is 7.87. The van der Waals surface area contributed by atoms with Crippen molar-refractivity contribution in [3.8, 4) is 11.5 Å². The molecule has 0 fully saturated rings. The standard InChI is InChI=1S/C33H34N2O4/c1-22-5-15-30(24(3)17-22)38-20-32(36)34-28-11-7-26(8-12-28)19-27-9-13-29(14-10-27)35-33(37)21-39-31-16-6-23(2)18-25(31)4/h5-18H,19-21H2,1-4H3,(H,34,36)(H,35,37). The molecule has 0 saturated carbocycles. The summed E-state index contributed by atoms with van der Waals surface area (Å²) < 4.78 is 11.3. The van der Waals surface area contributed by atoms with E-state index in [1.807, 2.05) is 113 Å². The lowest BCUT2D eigenvalue weighted by Gasteiger charge is -2.11. The van der Waals surface area contributed by atoms with Crippen LogP contribution in [0, 0.1) is 27.7 Å². The Morgan fingerprint density at radius 2 is 0.949 bits per heavy atom. The van der Waals surface area contributed by atoms with Gasteiger partial charge in [-0.3, -0.25) is 9.59 Å². The molecule has 0 aromatic heterocycles. The average molecular weight is 523 g/mol. The first kappa shape index (κ1) is 27.5. The Hall–Kier alpha value is -4.58. The van der Waals surface area contributed by atoms with Gasteiger partial charge in [-0.1, -0.05) is 59.7 Å². The second-order valence-corrected chi connectivity index (χ2v) is 9.78. The van der Waals surface area contributed by atoms with E-state index in [-0.39, 0.29) is 25.0 Å². The van der Waals surface area contributed by atoms with E-state index < -0.39 is 0 Å². The van der Waals surface area contributed by atoms with Crippen LogP contribution in [-0.4, -0.2) is 25.0 Å². The lowest BCUT2D eigenvalue weighted by Crippen LogP contribution is -2.20. The van der Waals surface area contributed by atoms with Gasteiger partial charge in [0.25, 0.3) is 11.8 Å². The number of amides is 2. The predicted octanol–water partition coefficient (Wildman–Crippen LogP) is 6.55. The number of nitrogens with one attached hydrogen (secondary N) is 2. The smallest absolute Gasteiger partial charge is 0.262 e. The highest BCUT2D eigenvalue weighted by atomic mass is 16.5. The Kier molecular flexibility index (Phi) is 9.00. The number of benzene rings is 4. The fraction of sp³-hybridized carbons (Fsp3) is 0.212. The second kappa shape index (κ2) is 12.8. The first-order chi connectivity index (χ1) is 18.7. The minimum Gasteiger partial charge on any atom is -0.483 e. The molecule has 0 aliphatic rings. The molecule has 200 valence electrons. The number of ether oxygens (including phenoxy) is 2. The Morgan fingerprint density at radius 3 is 1.31 bits per heavy atom. The van der Waals surface area contributed by atoms with Crippen LogP contribution >= 0.6 is 0 Å². The molecule has 4 aromatic rings. The highest BCUT2D eigenvalue weighted by molar-refractivity contribution is 5.92. The minimum atomic E-state index is -0.209.